The Labute approximate surface area is 48.0 Å². The van der Waals surface area contributed by atoms with Crippen molar-refractivity contribution in [3.8, 4) is 0 Å². The van der Waals surface area contributed by atoms with Crippen molar-refractivity contribution in [3.05, 3.63) is 0 Å². The predicted octanol–water partition coefficient (Wildman–Crippen LogP) is 0.226. The molecule has 0 unspecified atom stereocenters. The molecule has 0 aliphatic carbocycles. The van der Waals surface area contributed by atoms with Crippen LogP contribution in [0, 0.1) is 0 Å². The zero-order valence-electron chi connectivity index (χ0n) is 4.70. The van der Waals surface area contributed by atoms with Crippen molar-refractivity contribution in [1.29, 1.82) is 0 Å². The lowest BCUT2D eigenvalue weighted by Crippen LogP contribution is -1.92. The van der Waals surface area contributed by atoms with Crippen LogP contribution in [0.4, 0.5) is 0 Å². The van der Waals surface area contributed by atoms with Crippen LogP contribution in [0.25, 0.3) is 0 Å². The summed E-state index contributed by atoms with van der Waals surface area (Å²) in [5, 5.41) is 7.03. The smallest absolute Gasteiger partial charge is 0.136 e. The minimum atomic E-state index is 1.27. The Balaban J connectivity index is 3.15. The van der Waals surface area contributed by atoms with Crippen LogP contribution >= 0.6 is 0 Å². The van der Waals surface area contributed by atoms with Gasteiger partial charge in [-0.2, -0.15) is 10.6 Å². The molecule has 0 aromatic carbocycles. The Morgan fingerprint density at radius 2 is 2.25 bits per heavy atom. The van der Waals surface area contributed by atoms with E-state index < -0.39 is 0 Å². The first-order chi connectivity index (χ1) is 3.91. The highest BCUT2D eigenvalue weighted by atomic mass is 15.5. The molecular formula is C4H8N4. The molecule has 0 amide bonds. The summed E-state index contributed by atoms with van der Waals surface area (Å²) in [6.07, 6.45) is 2.85. The first-order valence-corrected chi connectivity index (χ1v) is 2.12. The fraction of sp³-hybridized carbons (Fsp3) is 0.250. The van der Waals surface area contributed by atoms with E-state index in [1.165, 1.54) is 6.34 Å². The zero-order chi connectivity index (χ0) is 6.24. The normalized spacial score (nSPS) is 10.6. The average Bonchev–Trinajstić information content (AvgIpc) is 1.81. The van der Waals surface area contributed by atoms with Gasteiger partial charge in [-0.1, -0.05) is 0 Å². The molecule has 0 aromatic rings. The second kappa shape index (κ2) is 5.81. The second-order valence-corrected chi connectivity index (χ2v) is 0.914. The van der Waals surface area contributed by atoms with E-state index in [9.17, 15) is 0 Å². The average molecular weight is 112 g/mol. The van der Waals surface area contributed by atoms with Crippen LogP contribution < -0.4 is 5.53 Å². The van der Waals surface area contributed by atoms with Crippen molar-refractivity contribution in [3.63, 3.8) is 0 Å². The molecule has 0 spiro atoms. The van der Waals surface area contributed by atoms with Crippen molar-refractivity contribution in [1.82, 2.24) is 5.53 Å². The van der Waals surface area contributed by atoms with Gasteiger partial charge >= 0.3 is 0 Å². The summed E-state index contributed by atoms with van der Waals surface area (Å²) in [6, 6.07) is 0. The number of hydrogen-bond acceptors (Lipinski definition) is 3. The maximum absolute atomic E-state index is 3.55. The van der Waals surface area contributed by atoms with Crippen LogP contribution in [-0.4, -0.2) is 19.3 Å². The first kappa shape index (κ1) is 6.81. The Kier molecular flexibility index (Phi) is 4.95. The summed E-state index contributed by atoms with van der Waals surface area (Å²) in [5.74, 6) is 0. The Morgan fingerprint density at radius 3 is 2.75 bits per heavy atom. The molecule has 1 N–H and O–H groups in total. The molecular weight excluding hydrogens is 104 g/mol. The van der Waals surface area contributed by atoms with Gasteiger partial charge in [-0.25, -0.2) is 0 Å². The van der Waals surface area contributed by atoms with E-state index in [1.54, 1.807) is 13.1 Å². The van der Waals surface area contributed by atoms with E-state index in [0.29, 0.717) is 0 Å². The maximum atomic E-state index is 3.55. The molecule has 0 saturated heterocycles. The molecule has 0 aliphatic rings. The molecule has 4 heteroatoms. The predicted molar refractivity (Wildman–Crippen MR) is 35.3 cm³/mol. The first-order valence-electron chi connectivity index (χ1n) is 2.12. The third kappa shape index (κ3) is 4.81. The molecule has 0 atom stereocenters. The molecule has 0 bridgehead atoms. The Bertz CT molecular complexity index is 105. The fourth-order valence-corrected chi connectivity index (χ4v) is 0.158. The zero-order valence-corrected chi connectivity index (χ0v) is 4.70. The highest BCUT2D eigenvalue weighted by Crippen LogP contribution is 1.56. The summed E-state index contributed by atoms with van der Waals surface area (Å²) >= 11 is 0. The maximum Gasteiger partial charge on any atom is 0.136 e. The van der Waals surface area contributed by atoms with Gasteiger partial charge in [0.25, 0.3) is 0 Å². The standard InChI is InChI=1S/C4H8N4/c1-3-6-8-7-4-5-2/h3-4,8H,2H2,1H3/b6-3+,7-4-. The molecule has 44 valence electrons. The number of nitrogens with zero attached hydrogens (tertiary/aromatic N) is 3. The third-order valence-electron chi connectivity index (χ3n) is 0.384. The number of hydrazone groups is 2. The minimum Gasteiger partial charge on any atom is -0.251 e. The summed E-state index contributed by atoms with van der Waals surface area (Å²) in [6.45, 7) is 4.95. The van der Waals surface area contributed by atoms with Gasteiger partial charge in [0.2, 0.25) is 0 Å². The Morgan fingerprint density at radius 1 is 1.50 bits per heavy atom. The highest BCUT2D eigenvalue weighted by molar-refractivity contribution is 5.61. The second-order valence-electron chi connectivity index (χ2n) is 0.914. The van der Waals surface area contributed by atoms with Gasteiger partial charge in [0.15, 0.2) is 0 Å². The largest absolute Gasteiger partial charge is 0.251 e. The topological polar surface area (TPSA) is 49.1 Å². The van der Waals surface area contributed by atoms with Crippen LogP contribution in [0.15, 0.2) is 15.2 Å². The van der Waals surface area contributed by atoms with E-state index in [4.69, 9.17) is 0 Å². The van der Waals surface area contributed by atoms with Crippen LogP contribution in [0.2, 0.25) is 0 Å². The lowest BCUT2D eigenvalue weighted by Gasteiger charge is -1.81. The molecule has 0 aliphatic heterocycles. The summed E-state index contributed by atoms with van der Waals surface area (Å²) in [7, 11) is 0. The summed E-state index contributed by atoms with van der Waals surface area (Å²) < 4.78 is 0. The third-order valence-corrected chi connectivity index (χ3v) is 0.384. The minimum absolute atomic E-state index is 1.27. The molecule has 8 heavy (non-hydrogen) atoms. The number of rotatable bonds is 3. The van der Waals surface area contributed by atoms with Crippen LogP contribution in [-0.2, 0) is 0 Å². The van der Waals surface area contributed by atoms with E-state index in [-0.39, 0.29) is 0 Å². The highest BCUT2D eigenvalue weighted by Gasteiger charge is 1.58. The fourth-order valence-electron chi connectivity index (χ4n) is 0.158. The number of aliphatic imine (C=N–C) groups is 1. The summed E-state index contributed by atoms with van der Waals surface area (Å²) in [4.78, 5) is 3.33. The monoisotopic (exact) mass is 112 g/mol. The van der Waals surface area contributed by atoms with Gasteiger partial charge < -0.3 is 0 Å². The van der Waals surface area contributed by atoms with Gasteiger partial charge in [0.05, 0.1) is 0 Å². The van der Waals surface area contributed by atoms with E-state index in [0.717, 1.165) is 0 Å². The van der Waals surface area contributed by atoms with Gasteiger partial charge in [0, 0.05) is 6.21 Å². The molecule has 0 aromatic heterocycles. The Hall–Kier alpha value is -1.19. The van der Waals surface area contributed by atoms with Crippen molar-refractivity contribution in [2.75, 3.05) is 0 Å². The number of hydrogen-bond donors (Lipinski definition) is 1. The van der Waals surface area contributed by atoms with Crippen LogP contribution in [0.5, 0.6) is 0 Å². The van der Waals surface area contributed by atoms with Gasteiger partial charge in [-0.05, 0) is 13.6 Å². The van der Waals surface area contributed by atoms with Gasteiger partial charge in [-0.3, -0.25) is 4.99 Å². The van der Waals surface area contributed by atoms with Crippen molar-refractivity contribution >= 4 is 19.3 Å². The van der Waals surface area contributed by atoms with Crippen LogP contribution in [0.1, 0.15) is 6.92 Å². The molecule has 4 nitrogen and oxygen atoms in total. The van der Waals surface area contributed by atoms with E-state index >= 15 is 0 Å². The quantitative estimate of drug-likeness (QED) is 0.317. The van der Waals surface area contributed by atoms with Crippen molar-refractivity contribution in [2.45, 2.75) is 6.92 Å². The van der Waals surface area contributed by atoms with Crippen LogP contribution in [0.3, 0.4) is 0 Å². The van der Waals surface area contributed by atoms with Gasteiger partial charge in [-0.15, -0.1) is 5.10 Å². The van der Waals surface area contributed by atoms with E-state index in [1.807, 2.05) is 0 Å². The molecule has 0 fully saturated rings. The van der Waals surface area contributed by atoms with Gasteiger partial charge in [0.1, 0.15) is 6.34 Å². The van der Waals surface area contributed by atoms with Crippen molar-refractivity contribution in [2.24, 2.45) is 15.2 Å². The molecule has 0 saturated carbocycles. The van der Waals surface area contributed by atoms with E-state index in [2.05, 4.69) is 27.4 Å². The lowest BCUT2D eigenvalue weighted by molar-refractivity contribution is 0.816. The van der Waals surface area contributed by atoms with Crippen molar-refractivity contribution < 1.29 is 0 Å². The SMILES string of the molecule is C=N/C=N\N/N=C/C. The lowest BCUT2D eigenvalue weighted by atomic mass is 10.9. The molecule has 0 heterocycles. The molecule has 0 rings (SSSR count). The molecule has 0 radical (unpaired) electrons. The number of nitrogens with one attached hydrogen (secondary N) is 1. The summed E-state index contributed by atoms with van der Waals surface area (Å²) in [5.41, 5.74) is 2.34.